The van der Waals surface area contributed by atoms with E-state index in [2.05, 4.69) is 4.72 Å². The van der Waals surface area contributed by atoms with Gasteiger partial charge in [-0.25, -0.2) is 21.6 Å². The third kappa shape index (κ3) is 6.28. The van der Waals surface area contributed by atoms with Gasteiger partial charge in [-0.05, 0) is 49.6 Å². The number of aryl methyl sites for hydroxylation is 1. The van der Waals surface area contributed by atoms with E-state index in [9.17, 15) is 16.8 Å². The van der Waals surface area contributed by atoms with Gasteiger partial charge >= 0.3 is 0 Å². The predicted molar refractivity (Wildman–Crippen MR) is 116 cm³/mol. The molecule has 0 atom stereocenters. The van der Waals surface area contributed by atoms with Crippen LogP contribution in [0.15, 0.2) is 53.4 Å². The van der Waals surface area contributed by atoms with Gasteiger partial charge in [-0.15, -0.1) is 0 Å². The molecule has 0 aliphatic carbocycles. The predicted octanol–water partition coefficient (Wildman–Crippen LogP) is 2.67. The van der Waals surface area contributed by atoms with E-state index in [1.54, 1.807) is 18.2 Å². The van der Waals surface area contributed by atoms with Gasteiger partial charge in [-0.2, -0.15) is 4.31 Å². The number of sulfonamides is 2. The highest BCUT2D eigenvalue weighted by Gasteiger charge is 2.25. The Labute approximate surface area is 179 Å². The minimum Gasteiger partial charge on any atom is -0.492 e. The van der Waals surface area contributed by atoms with Crippen LogP contribution in [0.5, 0.6) is 5.75 Å². The first kappa shape index (κ1) is 22.7. The lowest BCUT2D eigenvalue weighted by Crippen LogP contribution is -2.35. The summed E-state index contributed by atoms with van der Waals surface area (Å²) in [5.41, 5.74) is 1.74. The molecule has 7 nitrogen and oxygen atoms in total. The first-order valence-corrected chi connectivity index (χ1v) is 13.1. The maximum atomic E-state index is 12.6. The summed E-state index contributed by atoms with van der Waals surface area (Å²) in [6.45, 7) is 3.31. The maximum Gasteiger partial charge on any atom is 0.243 e. The molecular weight excluding hydrogens is 424 g/mol. The van der Waals surface area contributed by atoms with Crippen LogP contribution >= 0.6 is 0 Å². The largest absolute Gasteiger partial charge is 0.492 e. The van der Waals surface area contributed by atoms with Gasteiger partial charge in [0.05, 0.1) is 10.6 Å². The highest BCUT2D eigenvalue weighted by molar-refractivity contribution is 7.89. The van der Waals surface area contributed by atoms with Gasteiger partial charge in [-0.1, -0.05) is 36.2 Å². The normalized spacial score (nSPS) is 15.8. The molecule has 0 bridgehead atoms. The van der Waals surface area contributed by atoms with E-state index >= 15 is 0 Å². The Morgan fingerprint density at radius 1 is 0.967 bits per heavy atom. The van der Waals surface area contributed by atoms with E-state index in [-0.39, 0.29) is 23.8 Å². The van der Waals surface area contributed by atoms with Crippen molar-refractivity contribution in [1.82, 2.24) is 9.03 Å². The van der Waals surface area contributed by atoms with Gasteiger partial charge in [0, 0.05) is 19.6 Å². The third-order valence-electron chi connectivity index (χ3n) is 4.91. The second-order valence-corrected chi connectivity index (χ2v) is 11.2. The molecular formula is C21H28N2O5S2. The Morgan fingerprint density at radius 3 is 2.33 bits per heavy atom. The lowest BCUT2D eigenvalue weighted by atomic mass is 10.2. The molecule has 1 fully saturated rings. The van der Waals surface area contributed by atoms with Crippen LogP contribution in [0, 0.1) is 6.92 Å². The van der Waals surface area contributed by atoms with Crippen molar-refractivity contribution in [3.63, 3.8) is 0 Å². The molecule has 1 saturated heterocycles. The van der Waals surface area contributed by atoms with Crippen LogP contribution in [0.4, 0.5) is 0 Å². The molecule has 1 aliphatic heterocycles. The van der Waals surface area contributed by atoms with E-state index in [4.69, 9.17) is 4.74 Å². The van der Waals surface area contributed by atoms with Crippen LogP contribution in [0.3, 0.4) is 0 Å². The van der Waals surface area contributed by atoms with Crippen molar-refractivity contribution in [3.05, 3.63) is 59.7 Å². The Kier molecular flexibility index (Phi) is 7.51. The van der Waals surface area contributed by atoms with Crippen molar-refractivity contribution in [3.8, 4) is 5.75 Å². The van der Waals surface area contributed by atoms with Crippen molar-refractivity contribution in [2.45, 2.75) is 36.8 Å². The smallest absolute Gasteiger partial charge is 0.243 e. The molecule has 0 unspecified atom stereocenters. The van der Waals surface area contributed by atoms with E-state index in [1.807, 2.05) is 25.1 Å². The summed E-state index contributed by atoms with van der Waals surface area (Å²) >= 11 is 0. The van der Waals surface area contributed by atoms with Crippen LogP contribution in [0.25, 0.3) is 0 Å². The average Bonchev–Trinajstić information content (AvgIpc) is 2.72. The van der Waals surface area contributed by atoms with Crippen molar-refractivity contribution in [1.29, 1.82) is 0 Å². The number of piperidine rings is 1. The molecule has 9 heteroatoms. The maximum absolute atomic E-state index is 12.6. The molecule has 3 rings (SSSR count). The zero-order valence-electron chi connectivity index (χ0n) is 17.1. The summed E-state index contributed by atoms with van der Waals surface area (Å²) < 4.78 is 59.3. The van der Waals surface area contributed by atoms with E-state index in [0.717, 1.165) is 30.4 Å². The van der Waals surface area contributed by atoms with Gasteiger partial charge in [0.1, 0.15) is 12.4 Å². The van der Waals surface area contributed by atoms with Crippen LogP contribution < -0.4 is 9.46 Å². The van der Waals surface area contributed by atoms with E-state index < -0.39 is 20.0 Å². The molecule has 164 valence electrons. The second kappa shape index (κ2) is 9.91. The highest BCUT2D eigenvalue weighted by Crippen LogP contribution is 2.22. The van der Waals surface area contributed by atoms with Gasteiger partial charge in [0.25, 0.3) is 0 Å². The Morgan fingerprint density at radius 2 is 1.67 bits per heavy atom. The number of ether oxygens (including phenoxy) is 1. The van der Waals surface area contributed by atoms with Crippen molar-refractivity contribution in [2.24, 2.45) is 0 Å². The van der Waals surface area contributed by atoms with Crippen LogP contribution in [-0.4, -0.2) is 47.4 Å². The molecule has 1 aliphatic rings. The molecule has 0 saturated carbocycles. The quantitative estimate of drug-likeness (QED) is 0.591. The molecule has 30 heavy (non-hydrogen) atoms. The standard InChI is InChI=1S/C21H28N2O5S2/c1-18-6-5-7-19(16-18)17-29(24,25)22-12-15-28-20-8-10-21(11-9-20)30(26,27)23-13-3-2-4-14-23/h5-11,16,22H,2-4,12-15,17H2,1H3. The summed E-state index contributed by atoms with van der Waals surface area (Å²) in [6, 6.07) is 13.6. The molecule has 2 aromatic rings. The number of benzene rings is 2. The number of hydrogen-bond donors (Lipinski definition) is 1. The lowest BCUT2D eigenvalue weighted by molar-refractivity contribution is 0.322. The van der Waals surface area contributed by atoms with Gasteiger partial charge < -0.3 is 4.74 Å². The number of nitrogens with one attached hydrogen (secondary N) is 1. The molecule has 1 N–H and O–H groups in total. The monoisotopic (exact) mass is 452 g/mol. The molecule has 0 spiro atoms. The fraction of sp³-hybridized carbons (Fsp3) is 0.429. The van der Waals surface area contributed by atoms with E-state index in [0.29, 0.717) is 18.8 Å². The lowest BCUT2D eigenvalue weighted by Gasteiger charge is -2.25. The topological polar surface area (TPSA) is 92.8 Å². The van der Waals surface area contributed by atoms with Crippen LogP contribution in [0.1, 0.15) is 30.4 Å². The Hall–Kier alpha value is -1.94. The number of hydrogen-bond acceptors (Lipinski definition) is 5. The van der Waals surface area contributed by atoms with Gasteiger partial charge in [-0.3, -0.25) is 0 Å². The van der Waals surface area contributed by atoms with E-state index in [1.165, 1.54) is 16.4 Å². The third-order valence-corrected chi connectivity index (χ3v) is 8.18. The molecule has 0 radical (unpaired) electrons. The average molecular weight is 453 g/mol. The zero-order chi connectivity index (χ0) is 21.6. The Bertz CT molecular complexity index is 1050. The van der Waals surface area contributed by atoms with Crippen LogP contribution in [-0.2, 0) is 25.8 Å². The van der Waals surface area contributed by atoms with Crippen molar-refractivity contribution >= 4 is 20.0 Å². The first-order chi connectivity index (χ1) is 14.3. The summed E-state index contributed by atoms with van der Waals surface area (Å²) in [6.07, 6.45) is 2.84. The van der Waals surface area contributed by atoms with Crippen molar-refractivity contribution in [2.75, 3.05) is 26.2 Å². The summed E-state index contributed by atoms with van der Waals surface area (Å²) in [4.78, 5) is 0.246. The molecule has 1 heterocycles. The van der Waals surface area contributed by atoms with Crippen LogP contribution in [0.2, 0.25) is 0 Å². The molecule has 0 amide bonds. The first-order valence-electron chi connectivity index (χ1n) is 10.0. The number of rotatable bonds is 9. The van der Waals surface area contributed by atoms with Gasteiger partial charge in [0.15, 0.2) is 0 Å². The summed E-state index contributed by atoms with van der Waals surface area (Å²) in [5.74, 6) is 0.406. The molecule has 0 aromatic heterocycles. The minimum absolute atomic E-state index is 0.0856. The zero-order valence-corrected chi connectivity index (χ0v) is 18.7. The Balaban J connectivity index is 1.48. The SMILES string of the molecule is Cc1cccc(CS(=O)(=O)NCCOc2ccc(S(=O)(=O)N3CCCCC3)cc2)c1. The van der Waals surface area contributed by atoms with Crippen molar-refractivity contribution < 1.29 is 21.6 Å². The second-order valence-electron chi connectivity index (χ2n) is 7.43. The number of nitrogens with zero attached hydrogens (tertiary/aromatic N) is 1. The van der Waals surface area contributed by atoms with Gasteiger partial charge in [0.2, 0.25) is 20.0 Å². The fourth-order valence-electron chi connectivity index (χ4n) is 3.40. The highest BCUT2D eigenvalue weighted by atomic mass is 32.2. The fourth-order valence-corrected chi connectivity index (χ4v) is 6.03. The summed E-state index contributed by atoms with van der Waals surface area (Å²) in [7, 11) is -6.93. The minimum atomic E-state index is -3.47. The summed E-state index contributed by atoms with van der Waals surface area (Å²) in [5, 5.41) is 0. The molecule has 2 aromatic carbocycles.